The maximum Gasteiger partial charge on any atom is 0.251 e. The number of amides is 1. The molecule has 0 saturated heterocycles. The summed E-state index contributed by atoms with van der Waals surface area (Å²) in [6, 6.07) is 14.6. The molecule has 1 aliphatic heterocycles. The summed E-state index contributed by atoms with van der Waals surface area (Å²) in [6.45, 7) is 1.09. The van der Waals surface area contributed by atoms with Gasteiger partial charge in [0.15, 0.2) is 17.1 Å². The first-order valence-electron chi connectivity index (χ1n) is 10.1. The normalized spacial score (nSPS) is 12.2. The molecule has 3 heterocycles. The largest absolute Gasteiger partial charge is 0.454 e. The molecular weight excluding hydrogens is 429 g/mol. The highest BCUT2D eigenvalue weighted by Crippen LogP contribution is 2.32. The number of ether oxygens (including phenoxy) is 2. The van der Waals surface area contributed by atoms with Crippen molar-refractivity contribution in [2.75, 3.05) is 25.2 Å². The van der Waals surface area contributed by atoms with Gasteiger partial charge in [-0.15, -0.1) is 0 Å². The third kappa shape index (κ3) is 3.82. The summed E-state index contributed by atoms with van der Waals surface area (Å²) >= 11 is 6.38. The van der Waals surface area contributed by atoms with Crippen molar-refractivity contribution in [3.63, 3.8) is 0 Å². The molecule has 1 amide bonds. The Hall–Kier alpha value is -3.72. The van der Waals surface area contributed by atoms with Gasteiger partial charge in [0.25, 0.3) is 5.91 Å². The van der Waals surface area contributed by atoms with Crippen molar-refractivity contribution in [1.29, 1.82) is 0 Å². The van der Waals surface area contributed by atoms with Crippen LogP contribution in [0.25, 0.3) is 16.9 Å². The first-order chi connectivity index (χ1) is 15.6. The van der Waals surface area contributed by atoms with Crippen molar-refractivity contribution in [2.24, 2.45) is 0 Å². The summed E-state index contributed by atoms with van der Waals surface area (Å²) in [4.78, 5) is 17.2. The van der Waals surface area contributed by atoms with E-state index in [2.05, 4.69) is 15.7 Å². The lowest BCUT2D eigenvalue weighted by Gasteiger charge is -2.12. The minimum Gasteiger partial charge on any atom is -0.454 e. The van der Waals surface area contributed by atoms with Gasteiger partial charge in [-0.25, -0.2) is 4.98 Å². The van der Waals surface area contributed by atoms with E-state index < -0.39 is 0 Å². The van der Waals surface area contributed by atoms with Crippen LogP contribution in [-0.2, 0) is 0 Å². The van der Waals surface area contributed by atoms with Crippen LogP contribution in [-0.4, -0.2) is 48.2 Å². The predicted molar refractivity (Wildman–Crippen MR) is 125 cm³/mol. The second kappa shape index (κ2) is 8.43. The van der Waals surface area contributed by atoms with E-state index in [-0.39, 0.29) is 12.7 Å². The van der Waals surface area contributed by atoms with Gasteiger partial charge in [-0.1, -0.05) is 29.8 Å². The van der Waals surface area contributed by atoms with Crippen LogP contribution in [0.5, 0.6) is 11.5 Å². The Balaban J connectivity index is 1.30. The van der Waals surface area contributed by atoms with E-state index in [9.17, 15) is 4.79 Å². The fourth-order valence-corrected chi connectivity index (χ4v) is 3.74. The average Bonchev–Trinajstić information content (AvgIpc) is 3.43. The number of hydrogen-bond donors (Lipinski definition) is 2. The number of fused-ring (bicyclic) bond motifs is 2. The maximum atomic E-state index is 12.5. The lowest BCUT2D eigenvalue weighted by atomic mass is 10.0. The Morgan fingerprint density at radius 2 is 1.97 bits per heavy atom. The zero-order valence-electron chi connectivity index (χ0n) is 17.3. The number of aromatic nitrogens is 3. The highest BCUT2D eigenvalue weighted by molar-refractivity contribution is 6.36. The van der Waals surface area contributed by atoms with Crippen LogP contribution in [0.15, 0.2) is 54.7 Å². The molecule has 1 aliphatic rings. The number of nitrogens with zero attached hydrogens (tertiary/aromatic N) is 3. The SMILES string of the molecule is Bc1cnn2c(NCCNC(=O)c3ccc4c(c3)OCO4)cc(-c3ccccc3Cl)nc12. The van der Waals surface area contributed by atoms with Crippen molar-refractivity contribution in [2.45, 2.75) is 0 Å². The molecule has 0 saturated carbocycles. The first-order valence-corrected chi connectivity index (χ1v) is 10.5. The number of halogens is 1. The van der Waals surface area contributed by atoms with Crippen LogP contribution in [0.3, 0.4) is 0 Å². The highest BCUT2D eigenvalue weighted by atomic mass is 35.5. The summed E-state index contributed by atoms with van der Waals surface area (Å²) in [5, 5.41) is 11.3. The Kier molecular flexibility index (Phi) is 5.32. The predicted octanol–water partition coefficient (Wildman–Crippen LogP) is 1.88. The standard InChI is InChI=1S/C22H19BClN5O3/c23-15-11-27-29-20(10-17(28-21(15)29)14-3-1-2-4-16(14)24)25-7-8-26-22(30)13-5-6-18-19(9-13)32-12-31-18/h1-6,9-11,25H,7-8,12,23H2,(H,26,30). The monoisotopic (exact) mass is 447 g/mol. The molecule has 0 unspecified atom stereocenters. The average molecular weight is 448 g/mol. The number of hydrogen-bond acceptors (Lipinski definition) is 6. The molecule has 0 fully saturated rings. The molecule has 0 spiro atoms. The van der Waals surface area contributed by atoms with Gasteiger partial charge in [0.2, 0.25) is 6.79 Å². The summed E-state index contributed by atoms with van der Waals surface area (Å²) in [6.07, 6.45) is 1.77. The molecule has 4 aromatic rings. The molecule has 10 heteroatoms. The number of carbonyl (C=O) groups excluding carboxylic acids is 1. The maximum absolute atomic E-state index is 12.5. The van der Waals surface area contributed by atoms with Crippen molar-refractivity contribution in [3.05, 3.63) is 65.3 Å². The molecule has 0 bridgehead atoms. The Bertz CT molecular complexity index is 1330. The van der Waals surface area contributed by atoms with Crippen LogP contribution >= 0.6 is 11.6 Å². The minimum absolute atomic E-state index is 0.174. The Morgan fingerprint density at radius 3 is 2.84 bits per heavy atom. The second-order valence-electron chi connectivity index (χ2n) is 7.32. The molecule has 0 radical (unpaired) electrons. The van der Waals surface area contributed by atoms with Crippen molar-refractivity contribution >= 4 is 42.3 Å². The summed E-state index contributed by atoms with van der Waals surface area (Å²) in [7, 11) is 1.96. The number of nitrogens with one attached hydrogen (secondary N) is 2. The van der Waals surface area contributed by atoms with Crippen LogP contribution in [0.1, 0.15) is 10.4 Å². The van der Waals surface area contributed by atoms with E-state index >= 15 is 0 Å². The number of carbonyl (C=O) groups is 1. The van der Waals surface area contributed by atoms with Gasteiger partial charge in [-0.3, -0.25) is 4.79 Å². The molecule has 0 atom stereocenters. The number of anilines is 1. The van der Waals surface area contributed by atoms with E-state index in [4.69, 9.17) is 26.1 Å². The Labute approximate surface area is 189 Å². The van der Waals surface area contributed by atoms with Crippen molar-refractivity contribution in [3.8, 4) is 22.8 Å². The first kappa shape index (κ1) is 20.2. The molecular formula is C22H19BClN5O3. The summed E-state index contributed by atoms with van der Waals surface area (Å²) in [5.74, 6) is 1.80. The highest BCUT2D eigenvalue weighted by Gasteiger charge is 2.16. The fraction of sp³-hybridized carbons (Fsp3) is 0.136. The van der Waals surface area contributed by atoms with Gasteiger partial charge in [0.05, 0.1) is 5.69 Å². The van der Waals surface area contributed by atoms with Crippen LogP contribution < -0.4 is 25.6 Å². The zero-order valence-corrected chi connectivity index (χ0v) is 18.0. The number of rotatable bonds is 6. The van der Waals surface area contributed by atoms with Crippen LogP contribution in [0.2, 0.25) is 5.02 Å². The van der Waals surface area contributed by atoms with Gasteiger partial charge >= 0.3 is 0 Å². The Morgan fingerprint density at radius 1 is 1.12 bits per heavy atom. The van der Waals surface area contributed by atoms with E-state index in [0.29, 0.717) is 35.2 Å². The number of benzene rings is 2. The van der Waals surface area contributed by atoms with Gasteiger partial charge in [0.1, 0.15) is 13.7 Å². The smallest absolute Gasteiger partial charge is 0.251 e. The molecule has 2 aromatic heterocycles. The van der Waals surface area contributed by atoms with Crippen molar-refractivity contribution < 1.29 is 14.3 Å². The van der Waals surface area contributed by atoms with Crippen molar-refractivity contribution in [1.82, 2.24) is 19.9 Å². The third-order valence-corrected chi connectivity index (χ3v) is 5.48. The lowest BCUT2D eigenvalue weighted by Crippen LogP contribution is -2.29. The minimum atomic E-state index is -0.184. The van der Waals surface area contributed by atoms with Crippen LogP contribution in [0.4, 0.5) is 5.82 Å². The molecule has 8 nitrogen and oxygen atoms in total. The van der Waals surface area contributed by atoms with Gasteiger partial charge in [-0.05, 0) is 29.7 Å². The third-order valence-electron chi connectivity index (χ3n) is 5.15. The van der Waals surface area contributed by atoms with Gasteiger partial charge in [0, 0.05) is 41.5 Å². The fourth-order valence-electron chi connectivity index (χ4n) is 3.51. The second-order valence-corrected chi connectivity index (χ2v) is 7.73. The molecule has 2 aromatic carbocycles. The van der Waals surface area contributed by atoms with E-state index in [0.717, 1.165) is 28.2 Å². The van der Waals surface area contributed by atoms with E-state index in [1.807, 2.05) is 38.2 Å². The van der Waals surface area contributed by atoms with E-state index in [1.54, 1.807) is 28.9 Å². The summed E-state index contributed by atoms with van der Waals surface area (Å²) in [5.41, 5.74) is 3.81. The molecule has 5 rings (SSSR count). The molecule has 0 aliphatic carbocycles. The molecule has 32 heavy (non-hydrogen) atoms. The van der Waals surface area contributed by atoms with Gasteiger partial charge in [-0.2, -0.15) is 9.61 Å². The van der Waals surface area contributed by atoms with Crippen LogP contribution in [0, 0.1) is 0 Å². The summed E-state index contributed by atoms with van der Waals surface area (Å²) < 4.78 is 12.4. The molecule has 160 valence electrons. The van der Waals surface area contributed by atoms with Gasteiger partial charge < -0.3 is 20.1 Å². The topological polar surface area (TPSA) is 89.8 Å². The quantitative estimate of drug-likeness (QED) is 0.346. The zero-order chi connectivity index (χ0) is 22.1. The molecule has 2 N–H and O–H groups in total. The lowest BCUT2D eigenvalue weighted by molar-refractivity contribution is 0.0954. The van der Waals surface area contributed by atoms with E-state index in [1.165, 1.54) is 0 Å².